The van der Waals surface area contributed by atoms with Crippen molar-refractivity contribution in [2.45, 2.75) is 31.3 Å². The maximum atomic E-state index is 13.6. The van der Waals surface area contributed by atoms with Crippen LogP contribution in [0.4, 0.5) is 0 Å². The fourth-order valence-electron chi connectivity index (χ4n) is 4.33. The molecule has 3 aromatic rings. The molecule has 1 fully saturated rings. The zero-order valence-corrected chi connectivity index (χ0v) is 18.6. The van der Waals surface area contributed by atoms with Gasteiger partial charge < -0.3 is 9.80 Å². The average Bonchev–Trinajstić information content (AvgIpc) is 3.53. The van der Waals surface area contributed by atoms with Crippen LogP contribution in [-0.4, -0.2) is 40.7 Å². The van der Waals surface area contributed by atoms with Gasteiger partial charge in [-0.15, -0.1) is 11.3 Å². The molecule has 5 rings (SSSR count). The Morgan fingerprint density at radius 3 is 2.48 bits per heavy atom. The number of rotatable bonds is 5. The van der Waals surface area contributed by atoms with E-state index in [-0.39, 0.29) is 30.4 Å². The maximum Gasteiger partial charge on any atom is 0.254 e. The second-order valence-electron chi connectivity index (χ2n) is 8.12. The second kappa shape index (κ2) is 8.48. The lowest BCUT2D eigenvalue weighted by atomic mass is 9.93. The zero-order valence-electron chi connectivity index (χ0n) is 17.0. The van der Waals surface area contributed by atoms with E-state index in [2.05, 4.69) is 23.6 Å². The summed E-state index contributed by atoms with van der Waals surface area (Å²) in [6, 6.07) is 19.3. The molecule has 1 aliphatic carbocycles. The molecule has 0 saturated heterocycles. The van der Waals surface area contributed by atoms with Gasteiger partial charge in [0.2, 0.25) is 5.91 Å². The lowest BCUT2D eigenvalue weighted by Gasteiger charge is -2.37. The molecular weight excluding hydrogens is 428 g/mol. The summed E-state index contributed by atoms with van der Waals surface area (Å²) >= 11 is 7.73. The first-order chi connectivity index (χ1) is 15.1. The number of hydrogen-bond acceptors (Lipinski definition) is 3. The molecule has 0 bridgehead atoms. The van der Waals surface area contributed by atoms with Gasteiger partial charge in [0.05, 0.1) is 6.04 Å². The van der Waals surface area contributed by atoms with E-state index < -0.39 is 0 Å². The molecule has 2 aliphatic rings. The predicted octanol–water partition coefficient (Wildman–Crippen LogP) is 5.18. The van der Waals surface area contributed by atoms with Crippen LogP contribution in [0.2, 0.25) is 5.02 Å². The lowest BCUT2D eigenvalue weighted by Crippen LogP contribution is -2.47. The van der Waals surface area contributed by atoms with Crippen molar-refractivity contribution >= 4 is 34.8 Å². The molecule has 1 unspecified atom stereocenters. The topological polar surface area (TPSA) is 40.6 Å². The van der Waals surface area contributed by atoms with Gasteiger partial charge in [-0.05, 0) is 66.1 Å². The van der Waals surface area contributed by atoms with E-state index in [4.69, 9.17) is 11.6 Å². The minimum atomic E-state index is -0.101. The lowest BCUT2D eigenvalue weighted by molar-refractivity contribution is -0.134. The standard InChI is InChI=1S/C25H23ClN2O2S/c26-19-8-6-18(7-9-19)25(30)28(20-10-11-20)16-23(29)27-14-12-22-21(13-15-31-22)24(27)17-4-2-1-3-5-17/h1-9,13,15,20,24H,10-12,14,16H2. The van der Waals surface area contributed by atoms with Gasteiger partial charge in [0.15, 0.2) is 0 Å². The molecule has 2 amide bonds. The highest BCUT2D eigenvalue weighted by Gasteiger charge is 2.38. The van der Waals surface area contributed by atoms with Crippen molar-refractivity contribution in [3.63, 3.8) is 0 Å². The minimum Gasteiger partial charge on any atom is -0.330 e. The van der Waals surface area contributed by atoms with Crippen molar-refractivity contribution in [2.75, 3.05) is 13.1 Å². The summed E-state index contributed by atoms with van der Waals surface area (Å²) < 4.78 is 0. The first kappa shape index (κ1) is 20.3. The van der Waals surface area contributed by atoms with E-state index >= 15 is 0 Å². The Hall–Kier alpha value is -2.63. The third-order valence-corrected chi connectivity index (χ3v) is 7.30. The molecule has 1 aromatic heterocycles. The monoisotopic (exact) mass is 450 g/mol. The normalized spacial score (nSPS) is 17.8. The molecule has 1 aliphatic heterocycles. The largest absolute Gasteiger partial charge is 0.330 e. The SMILES string of the molecule is O=C(c1ccc(Cl)cc1)N(CC(=O)N1CCc2sccc2C1c1ccccc1)C1CC1. The summed E-state index contributed by atoms with van der Waals surface area (Å²) in [5, 5.41) is 2.70. The number of benzene rings is 2. The molecule has 1 saturated carbocycles. The van der Waals surface area contributed by atoms with Gasteiger partial charge in [-0.1, -0.05) is 41.9 Å². The van der Waals surface area contributed by atoms with Gasteiger partial charge >= 0.3 is 0 Å². The fourth-order valence-corrected chi connectivity index (χ4v) is 5.36. The quantitative estimate of drug-likeness (QED) is 0.537. The van der Waals surface area contributed by atoms with Gasteiger partial charge in [-0.3, -0.25) is 9.59 Å². The maximum absolute atomic E-state index is 13.6. The van der Waals surface area contributed by atoms with Crippen LogP contribution in [0, 0.1) is 0 Å². The third kappa shape index (κ3) is 4.12. The van der Waals surface area contributed by atoms with Crippen molar-refractivity contribution in [3.8, 4) is 0 Å². The van der Waals surface area contributed by atoms with E-state index in [0.717, 1.165) is 24.8 Å². The summed E-state index contributed by atoms with van der Waals surface area (Å²) in [6.45, 7) is 0.772. The van der Waals surface area contributed by atoms with Gasteiger partial charge in [0.1, 0.15) is 6.54 Å². The van der Waals surface area contributed by atoms with Crippen LogP contribution in [0.3, 0.4) is 0 Å². The Balaban J connectivity index is 1.41. The number of halogens is 1. The highest BCUT2D eigenvalue weighted by Crippen LogP contribution is 2.38. The van der Waals surface area contributed by atoms with Gasteiger partial charge in [-0.25, -0.2) is 0 Å². The number of nitrogens with zero attached hydrogens (tertiary/aromatic N) is 2. The van der Waals surface area contributed by atoms with E-state index in [1.54, 1.807) is 40.5 Å². The van der Waals surface area contributed by atoms with Crippen LogP contribution in [0.15, 0.2) is 66.0 Å². The molecule has 158 valence electrons. The van der Waals surface area contributed by atoms with Crippen molar-refractivity contribution in [1.29, 1.82) is 0 Å². The Morgan fingerprint density at radius 1 is 1.03 bits per heavy atom. The van der Waals surface area contributed by atoms with E-state index in [1.165, 1.54) is 10.4 Å². The van der Waals surface area contributed by atoms with Crippen LogP contribution in [0.1, 0.15) is 45.2 Å². The Morgan fingerprint density at radius 2 is 1.77 bits per heavy atom. The third-order valence-electron chi connectivity index (χ3n) is 6.05. The van der Waals surface area contributed by atoms with Gasteiger partial charge in [0, 0.05) is 28.0 Å². The molecule has 31 heavy (non-hydrogen) atoms. The van der Waals surface area contributed by atoms with Crippen LogP contribution in [-0.2, 0) is 11.2 Å². The highest BCUT2D eigenvalue weighted by molar-refractivity contribution is 7.10. The van der Waals surface area contributed by atoms with Crippen LogP contribution >= 0.6 is 22.9 Å². The van der Waals surface area contributed by atoms with Gasteiger partial charge in [0.25, 0.3) is 5.91 Å². The number of carbonyl (C=O) groups is 2. The average molecular weight is 451 g/mol. The van der Waals surface area contributed by atoms with E-state index in [1.807, 2.05) is 23.1 Å². The summed E-state index contributed by atoms with van der Waals surface area (Å²) in [5.41, 5.74) is 2.89. The molecule has 0 N–H and O–H groups in total. The number of hydrogen-bond donors (Lipinski definition) is 0. The first-order valence-electron chi connectivity index (χ1n) is 10.6. The first-order valence-corrected chi connectivity index (χ1v) is 11.8. The molecule has 2 heterocycles. The molecule has 4 nitrogen and oxygen atoms in total. The minimum absolute atomic E-state index is 0.0000772. The van der Waals surface area contributed by atoms with Crippen LogP contribution in [0.25, 0.3) is 0 Å². The Kier molecular flexibility index (Phi) is 5.55. The van der Waals surface area contributed by atoms with E-state index in [9.17, 15) is 9.59 Å². The van der Waals surface area contributed by atoms with Gasteiger partial charge in [-0.2, -0.15) is 0 Å². The number of thiophene rings is 1. The number of fused-ring (bicyclic) bond motifs is 1. The van der Waals surface area contributed by atoms with Crippen molar-refractivity contribution in [2.24, 2.45) is 0 Å². The molecule has 2 aromatic carbocycles. The molecule has 6 heteroatoms. The summed E-state index contributed by atoms with van der Waals surface area (Å²) in [6.07, 6.45) is 2.75. The number of carbonyl (C=O) groups excluding carboxylic acids is 2. The summed E-state index contributed by atoms with van der Waals surface area (Å²) in [7, 11) is 0. The summed E-state index contributed by atoms with van der Waals surface area (Å²) in [5.74, 6) is -0.100. The van der Waals surface area contributed by atoms with Crippen LogP contribution in [0.5, 0.6) is 0 Å². The highest BCUT2D eigenvalue weighted by atomic mass is 35.5. The Labute approximate surface area is 191 Å². The molecule has 1 atom stereocenters. The summed E-state index contributed by atoms with van der Waals surface area (Å²) in [4.78, 5) is 31.8. The predicted molar refractivity (Wildman–Crippen MR) is 124 cm³/mol. The molecular formula is C25H23ClN2O2S. The second-order valence-corrected chi connectivity index (χ2v) is 9.56. The van der Waals surface area contributed by atoms with Crippen molar-refractivity contribution < 1.29 is 9.59 Å². The van der Waals surface area contributed by atoms with E-state index in [0.29, 0.717) is 17.1 Å². The Bertz CT molecular complexity index is 1090. The molecule has 0 radical (unpaired) electrons. The molecule has 0 spiro atoms. The van der Waals surface area contributed by atoms with Crippen molar-refractivity contribution in [3.05, 3.63) is 92.6 Å². The number of amides is 2. The van der Waals surface area contributed by atoms with Crippen molar-refractivity contribution in [1.82, 2.24) is 9.80 Å². The zero-order chi connectivity index (χ0) is 21.4. The smallest absolute Gasteiger partial charge is 0.254 e. The van der Waals surface area contributed by atoms with Crippen LogP contribution < -0.4 is 0 Å². The fraction of sp³-hybridized carbons (Fsp3) is 0.280.